The van der Waals surface area contributed by atoms with Gasteiger partial charge in [0.15, 0.2) is 0 Å². The molecule has 1 heteroatoms. The van der Waals surface area contributed by atoms with Crippen LogP contribution in [0.5, 0.6) is 0 Å². The molecule has 4 rings (SSSR count). The van der Waals surface area contributed by atoms with Crippen LogP contribution < -0.4 is 0 Å². The number of aldehydes is 1. The van der Waals surface area contributed by atoms with E-state index < -0.39 is 0 Å². The monoisotopic (exact) mass is 204 g/mol. The van der Waals surface area contributed by atoms with Crippen LogP contribution >= 0.6 is 0 Å². The molecular formula is C14H20O. The molecule has 0 spiro atoms. The Bertz CT molecular complexity index is 310. The average molecular weight is 204 g/mol. The molecule has 0 amide bonds. The summed E-state index contributed by atoms with van der Waals surface area (Å²) in [7, 11) is 0. The first-order valence-corrected chi connectivity index (χ1v) is 6.76. The van der Waals surface area contributed by atoms with E-state index in [2.05, 4.69) is 6.92 Å². The van der Waals surface area contributed by atoms with E-state index in [4.69, 9.17) is 0 Å². The SMILES string of the molecule is CC1C(C=O)C2CC1C1C3CCC(C3)C21. The first-order valence-electron chi connectivity index (χ1n) is 6.76. The second-order valence-electron chi connectivity index (χ2n) is 6.62. The predicted octanol–water partition coefficient (Wildman–Crippen LogP) is 2.75. The highest BCUT2D eigenvalue weighted by Crippen LogP contribution is 2.69. The molecule has 4 bridgehead atoms. The third kappa shape index (κ3) is 0.855. The van der Waals surface area contributed by atoms with Gasteiger partial charge in [-0.3, -0.25) is 0 Å². The molecule has 4 saturated carbocycles. The molecule has 4 aliphatic carbocycles. The Morgan fingerprint density at radius 1 is 1.00 bits per heavy atom. The van der Waals surface area contributed by atoms with Crippen LogP contribution in [0, 0.1) is 47.3 Å². The van der Waals surface area contributed by atoms with Gasteiger partial charge in [0.25, 0.3) is 0 Å². The van der Waals surface area contributed by atoms with Crippen LogP contribution in [0.25, 0.3) is 0 Å². The van der Waals surface area contributed by atoms with Crippen LogP contribution in [0.3, 0.4) is 0 Å². The smallest absolute Gasteiger partial charge is 0.123 e. The van der Waals surface area contributed by atoms with Crippen molar-refractivity contribution < 1.29 is 4.79 Å². The van der Waals surface area contributed by atoms with E-state index in [9.17, 15) is 4.79 Å². The van der Waals surface area contributed by atoms with Crippen molar-refractivity contribution >= 4 is 6.29 Å². The molecule has 0 heterocycles. The van der Waals surface area contributed by atoms with Crippen LogP contribution in [0.4, 0.5) is 0 Å². The Morgan fingerprint density at radius 3 is 2.33 bits per heavy atom. The highest BCUT2D eigenvalue weighted by Gasteiger charge is 2.64. The van der Waals surface area contributed by atoms with Crippen molar-refractivity contribution in [1.82, 2.24) is 0 Å². The van der Waals surface area contributed by atoms with Crippen LogP contribution in [0.2, 0.25) is 0 Å². The van der Waals surface area contributed by atoms with Crippen LogP contribution in [-0.4, -0.2) is 6.29 Å². The Hall–Kier alpha value is -0.330. The number of hydrogen-bond acceptors (Lipinski definition) is 1. The van der Waals surface area contributed by atoms with Crippen LogP contribution in [-0.2, 0) is 4.79 Å². The molecule has 0 aliphatic heterocycles. The van der Waals surface area contributed by atoms with Crippen molar-refractivity contribution in [3.05, 3.63) is 0 Å². The molecule has 0 aromatic carbocycles. The third-order valence-corrected chi connectivity index (χ3v) is 6.51. The van der Waals surface area contributed by atoms with E-state index in [1.54, 1.807) is 0 Å². The summed E-state index contributed by atoms with van der Waals surface area (Å²) < 4.78 is 0. The molecule has 0 radical (unpaired) electrons. The molecule has 0 N–H and O–H groups in total. The van der Waals surface area contributed by atoms with E-state index >= 15 is 0 Å². The van der Waals surface area contributed by atoms with Gasteiger partial charge < -0.3 is 4.79 Å². The van der Waals surface area contributed by atoms with Gasteiger partial charge in [-0.05, 0) is 67.1 Å². The number of rotatable bonds is 1. The third-order valence-electron chi connectivity index (χ3n) is 6.51. The molecule has 8 atom stereocenters. The topological polar surface area (TPSA) is 17.1 Å². The van der Waals surface area contributed by atoms with Gasteiger partial charge >= 0.3 is 0 Å². The van der Waals surface area contributed by atoms with Gasteiger partial charge in [0, 0.05) is 5.92 Å². The fourth-order valence-electron chi connectivity index (χ4n) is 6.16. The molecule has 8 unspecified atom stereocenters. The second-order valence-corrected chi connectivity index (χ2v) is 6.62. The molecule has 4 aliphatic rings. The van der Waals surface area contributed by atoms with Gasteiger partial charge in [-0.2, -0.15) is 0 Å². The van der Waals surface area contributed by atoms with Crippen molar-refractivity contribution in [3.63, 3.8) is 0 Å². The Balaban J connectivity index is 1.73. The Kier molecular flexibility index (Phi) is 1.56. The van der Waals surface area contributed by atoms with Crippen molar-refractivity contribution in [2.45, 2.75) is 32.6 Å². The van der Waals surface area contributed by atoms with Gasteiger partial charge in [0.05, 0.1) is 0 Å². The number of fused-ring (bicyclic) bond motifs is 9. The summed E-state index contributed by atoms with van der Waals surface area (Å²) in [6, 6.07) is 0. The lowest BCUT2D eigenvalue weighted by Crippen LogP contribution is -2.37. The minimum absolute atomic E-state index is 0.426. The van der Waals surface area contributed by atoms with Crippen molar-refractivity contribution in [1.29, 1.82) is 0 Å². The molecule has 1 nitrogen and oxygen atoms in total. The summed E-state index contributed by atoms with van der Waals surface area (Å²) in [4.78, 5) is 11.2. The number of hydrogen-bond donors (Lipinski definition) is 0. The highest BCUT2D eigenvalue weighted by molar-refractivity contribution is 5.56. The second kappa shape index (κ2) is 2.67. The largest absolute Gasteiger partial charge is 0.303 e. The van der Waals surface area contributed by atoms with Crippen molar-refractivity contribution in [2.75, 3.05) is 0 Å². The maximum absolute atomic E-state index is 11.2. The van der Waals surface area contributed by atoms with Gasteiger partial charge in [-0.1, -0.05) is 6.92 Å². The molecule has 0 aromatic rings. The highest BCUT2D eigenvalue weighted by atomic mass is 16.1. The van der Waals surface area contributed by atoms with E-state index in [-0.39, 0.29) is 0 Å². The zero-order valence-corrected chi connectivity index (χ0v) is 9.43. The first kappa shape index (κ1) is 8.78. The standard InChI is InChI=1S/C14H20O/c1-7-10-5-11(12(7)6-15)14-9-3-2-8(4-9)13(10)14/h6-14H,2-5H2,1H3. The van der Waals surface area contributed by atoms with Gasteiger partial charge in [0.1, 0.15) is 6.29 Å². The van der Waals surface area contributed by atoms with E-state index in [1.165, 1.54) is 32.0 Å². The normalized spacial score (nSPS) is 64.9. The maximum Gasteiger partial charge on any atom is 0.123 e. The zero-order chi connectivity index (χ0) is 10.2. The Morgan fingerprint density at radius 2 is 1.67 bits per heavy atom. The lowest BCUT2D eigenvalue weighted by molar-refractivity contribution is -0.115. The lowest BCUT2D eigenvalue weighted by Gasteiger charge is -2.40. The molecule has 82 valence electrons. The molecular weight excluding hydrogens is 184 g/mol. The van der Waals surface area contributed by atoms with E-state index in [1.807, 2.05) is 0 Å². The molecule has 0 saturated heterocycles. The minimum atomic E-state index is 0.426. The summed E-state index contributed by atoms with van der Waals surface area (Å²) in [5.74, 6) is 6.94. The summed E-state index contributed by atoms with van der Waals surface area (Å²) in [6.45, 7) is 2.34. The summed E-state index contributed by atoms with van der Waals surface area (Å²) in [6.07, 6.45) is 7.19. The molecule has 0 aromatic heterocycles. The number of carbonyl (C=O) groups excluding carboxylic acids is 1. The summed E-state index contributed by atoms with van der Waals surface area (Å²) >= 11 is 0. The van der Waals surface area contributed by atoms with Gasteiger partial charge in [0.2, 0.25) is 0 Å². The fourth-order valence-corrected chi connectivity index (χ4v) is 6.16. The Labute approximate surface area is 91.6 Å². The average Bonchev–Trinajstić information content (AvgIpc) is 2.94. The molecule has 15 heavy (non-hydrogen) atoms. The van der Waals surface area contributed by atoms with Crippen LogP contribution in [0.15, 0.2) is 0 Å². The summed E-state index contributed by atoms with van der Waals surface area (Å²) in [5, 5.41) is 0. The van der Waals surface area contributed by atoms with E-state index in [0.29, 0.717) is 11.8 Å². The van der Waals surface area contributed by atoms with Gasteiger partial charge in [-0.15, -0.1) is 0 Å². The first-order chi connectivity index (χ1) is 7.31. The van der Waals surface area contributed by atoms with Crippen molar-refractivity contribution in [3.8, 4) is 0 Å². The number of carbonyl (C=O) groups is 1. The predicted molar refractivity (Wildman–Crippen MR) is 58.1 cm³/mol. The van der Waals surface area contributed by atoms with E-state index in [0.717, 1.165) is 35.5 Å². The zero-order valence-electron chi connectivity index (χ0n) is 9.43. The molecule has 4 fully saturated rings. The minimum Gasteiger partial charge on any atom is -0.303 e. The lowest BCUT2D eigenvalue weighted by atomic mass is 9.64. The van der Waals surface area contributed by atoms with Crippen LogP contribution in [0.1, 0.15) is 32.6 Å². The maximum atomic E-state index is 11.2. The van der Waals surface area contributed by atoms with Gasteiger partial charge in [-0.25, -0.2) is 0 Å². The fraction of sp³-hybridized carbons (Fsp3) is 0.929. The summed E-state index contributed by atoms with van der Waals surface area (Å²) in [5.41, 5.74) is 0. The quantitative estimate of drug-likeness (QED) is 0.474. The van der Waals surface area contributed by atoms with Crippen molar-refractivity contribution in [2.24, 2.45) is 47.3 Å².